The number of benzene rings is 1. The predicted octanol–water partition coefficient (Wildman–Crippen LogP) is 3.85. The summed E-state index contributed by atoms with van der Waals surface area (Å²) in [5, 5.41) is 3.46. The predicted molar refractivity (Wildman–Crippen MR) is 78.4 cm³/mol. The Balaban J connectivity index is 2.66. The summed E-state index contributed by atoms with van der Waals surface area (Å²) in [7, 11) is 0. The quantitative estimate of drug-likeness (QED) is 0.792. The van der Waals surface area contributed by atoms with Crippen molar-refractivity contribution in [2.75, 3.05) is 6.54 Å². The van der Waals surface area contributed by atoms with Crippen molar-refractivity contribution in [3.8, 4) is 5.75 Å². The molecule has 0 fully saturated rings. The zero-order valence-electron chi connectivity index (χ0n) is 12.4. The minimum Gasteiger partial charge on any atom is -0.489 e. The summed E-state index contributed by atoms with van der Waals surface area (Å²) in [6.07, 6.45) is 2.50. The number of nitrogens with one attached hydrogen (secondary N) is 1. The van der Waals surface area contributed by atoms with Crippen LogP contribution in [-0.2, 0) is 0 Å². The SMILES string of the molecule is CCCC(CNC(C)C)Oc1cc(C)ccc1C. The highest BCUT2D eigenvalue weighted by Gasteiger charge is 2.11. The third-order valence-corrected chi connectivity index (χ3v) is 3.00. The third kappa shape index (κ3) is 5.09. The lowest BCUT2D eigenvalue weighted by Crippen LogP contribution is -2.35. The van der Waals surface area contributed by atoms with Crippen LogP contribution >= 0.6 is 0 Å². The molecule has 0 aliphatic rings. The van der Waals surface area contributed by atoms with Crippen LogP contribution in [0.25, 0.3) is 0 Å². The number of aryl methyl sites for hydroxylation is 2. The fourth-order valence-corrected chi connectivity index (χ4v) is 1.91. The summed E-state index contributed by atoms with van der Waals surface area (Å²) in [4.78, 5) is 0. The van der Waals surface area contributed by atoms with Gasteiger partial charge in [-0.05, 0) is 37.5 Å². The molecule has 0 spiro atoms. The average Bonchev–Trinajstić information content (AvgIpc) is 2.31. The highest BCUT2D eigenvalue weighted by atomic mass is 16.5. The second kappa shape index (κ2) is 7.42. The summed E-state index contributed by atoms with van der Waals surface area (Å²) in [5.74, 6) is 1.03. The normalized spacial score (nSPS) is 12.8. The van der Waals surface area contributed by atoms with Crippen molar-refractivity contribution in [1.82, 2.24) is 5.32 Å². The Labute approximate surface area is 112 Å². The average molecular weight is 249 g/mol. The van der Waals surface area contributed by atoms with E-state index in [0.29, 0.717) is 6.04 Å². The van der Waals surface area contributed by atoms with Gasteiger partial charge in [0.1, 0.15) is 11.9 Å². The molecule has 1 rings (SSSR count). The topological polar surface area (TPSA) is 21.3 Å². The van der Waals surface area contributed by atoms with Gasteiger partial charge in [0.15, 0.2) is 0 Å². The second-order valence-corrected chi connectivity index (χ2v) is 5.36. The molecule has 0 radical (unpaired) electrons. The molecule has 0 aliphatic heterocycles. The molecule has 0 aromatic heterocycles. The van der Waals surface area contributed by atoms with Crippen LogP contribution in [0.1, 0.15) is 44.7 Å². The first kappa shape index (κ1) is 15.0. The Hall–Kier alpha value is -1.02. The smallest absolute Gasteiger partial charge is 0.122 e. The van der Waals surface area contributed by atoms with Crippen LogP contribution in [0.4, 0.5) is 0 Å². The second-order valence-electron chi connectivity index (χ2n) is 5.36. The van der Waals surface area contributed by atoms with E-state index in [0.717, 1.165) is 25.1 Å². The molecule has 1 unspecified atom stereocenters. The molecule has 0 saturated heterocycles. The van der Waals surface area contributed by atoms with Crippen molar-refractivity contribution < 1.29 is 4.74 Å². The molecule has 102 valence electrons. The van der Waals surface area contributed by atoms with E-state index < -0.39 is 0 Å². The first-order valence-corrected chi connectivity index (χ1v) is 7.00. The molecule has 0 bridgehead atoms. The van der Waals surface area contributed by atoms with Gasteiger partial charge >= 0.3 is 0 Å². The van der Waals surface area contributed by atoms with E-state index in [2.05, 4.69) is 58.1 Å². The Kier molecular flexibility index (Phi) is 6.20. The lowest BCUT2D eigenvalue weighted by molar-refractivity contribution is 0.182. The zero-order chi connectivity index (χ0) is 13.5. The van der Waals surface area contributed by atoms with Gasteiger partial charge in [0.25, 0.3) is 0 Å². The molecule has 0 saturated carbocycles. The van der Waals surface area contributed by atoms with Gasteiger partial charge in [-0.1, -0.05) is 39.3 Å². The molecule has 2 heteroatoms. The van der Waals surface area contributed by atoms with Crippen LogP contribution in [0.15, 0.2) is 18.2 Å². The largest absolute Gasteiger partial charge is 0.489 e. The van der Waals surface area contributed by atoms with Gasteiger partial charge in [0.05, 0.1) is 0 Å². The molecule has 18 heavy (non-hydrogen) atoms. The van der Waals surface area contributed by atoms with Gasteiger partial charge in [-0.3, -0.25) is 0 Å². The monoisotopic (exact) mass is 249 g/mol. The molecular weight excluding hydrogens is 222 g/mol. The van der Waals surface area contributed by atoms with Crippen LogP contribution < -0.4 is 10.1 Å². The lowest BCUT2D eigenvalue weighted by atomic mass is 10.1. The van der Waals surface area contributed by atoms with Gasteiger partial charge < -0.3 is 10.1 Å². The van der Waals surface area contributed by atoms with Crippen LogP contribution in [-0.4, -0.2) is 18.7 Å². The van der Waals surface area contributed by atoms with Crippen molar-refractivity contribution >= 4 is 0 Å². The van der Waals surface area contributed by atoms with Crippen molar-refractivity contribution in [3.05, 3.63) is 29.3 Å². The van der Waals surface area contributed by atoms with E-state index >= 15 is 0 Å². The lowest BCUT2D eigenvalue weighted by Gasteiger charge is -2.22. The minimum absolute atomic E-state index is 0.262. The molecule has 1 aromatic rings. The number of ether oxygens (including phenoxy) is 1. The standard InChI is InChI=1S/C16H27NO/c1-6-7-15(11-17-12(2)3)18-16-10-13(4)8-9-14(16)5/h8-10,12,15,17H,6-7,11H2,1-5H3. The fourth-order valence-electron chi connectivity index (χ4n) is 1.91. The van der Waals surface area contributed by atoms with E-state index in [9.17, 15) is 0 Å². The van der Waals surface area contributed by atoms with E-state index in [1.165, 1.54) is 11.1 Å². The zero-order valence-corrected chi connectivity index (χ0v) is 12.4. The third-order valence-electron chi connectivity index (χ3n) is 3.00. The molecular formula is C16H27NO. The molecule has 0 amide bonds. The van der Waals surface area contributed by atoms with Gasteiger partial charge in [-0.15, -0.1) is 0 Å². The molecule has 1 aromatic carbocycles. The van der Waals surface area contributed by atoms with Crippen LogP contribution in [0.5, 0.6) is 5.75 Å². The van der Waals surface area contributed by atoms with Gasteiger partial charge in [-0.25, -0.2) is 0 Å². The van der Waals surface area contributed by atoms with Crippen molar-refractivity contribution in [2.24, 2.45) is 0 Å². The number of hydrogen-bond acceptors (Lipinski definition) is 2. The molecule has 2 nitrogen and oxygen atoms in total. The summed E-state index contributed by atoms with van der Waals surface area (Å²) < 4.78 is 6.15. The van der Waals surface area contributed by atoms with E-state index in [4.69, 9.17) is 4.74 Å². The molecule has 0 aliphatic carbocycles. The first-order chi connectivity index (χ1) is 8.52. The fraction of sp³-hybridized carbons (Fsp3) is 0.625. The Morgan fingerprint density at radius 2 is 1.94 bits per heavy atom. The van der Waals surface area contributed by atoms with Gasteiger partial charge in [0, 0.05) is 12.6 Å². The maximum Gasteiger partial charge on any atom is 0.122 e. The Morgan fingerprint density at radius 1 is 1.22 bits per heavy atom. The van der Waals surface area contributed by atoms with Crippen LogP contribution in [0.3, 0.4) is 0 Å². The summed E-state index contributed by atoms with van der Waals surface area (Å²) in [5.41, 5.74) is 2.47. The highest BCUT2D eigenvalue weighted by Crippen LogP contribution is 2.21. The van der Waals surface area contributed by atoms with E-state index in [1.807, 2.05) is 0 Å². The maximum absolute atomic E-state index is 6.15. The van der Waals surface area contributed by atoms with Crippen molar-refractivity contribution in [3.63, 3.8) is 0 Å². The summed E-state index contributed by atoms with van der Waals surface area (Å²) in [6.45, 7) is 11.7. The summed E-state index contributed by atoms with van der Waals surface area (Å²) >= 11 is 0. The number of rotatable bonds is 7. The highest BCUT2D eigenvalue weighted by molar-refractivity contribution is 5.36. The van der Waals surface area contributed by atoms with E-state index in [-0.39, 0.29) is 6.10 Å². The maximum atomic E-state index is 6.15. The van der Waals surface area contributed by atoms with Crippen molar-refractivity contribution in [1.29, 1.82) is 0 Å². The first-order valence-electron chi connectivity index (χ1n) is 7.00. The van der Waals surface area contributed by atoms with Crippen LogP contribution in [0.2, 0.25) is 0 Å². The molecule has 0 heterocycles. The van der Waals surface area contributed by atoms with Gasteiger partial charge in [-0.2, -0.15) is 0 Å². The Morgan fingerprint density at radius 3 is 2.56 bits per heavy atom. The Bertz CT molecular complexity index is 360. The molecule has 1 atom stereocenters. The summed E-state index contributed by atoms with van der Waals surface area (Å²) in [6, 6.07) is 6.90. The number of hydrogen-bond donors (Lipinski definition) is 1. The van der Waals surface area contributed by atoms with Crippen LogP contribution in [0, 0.1) is 13.8 Å². The van der Waals surface area contributed by atoms with Gasteiger partial charge in [0.2, 0.25) is 0 Å². The van der Waals surface area contributed by atoms with Crippen molar-refractivity contribution in [2.45, 2.75) is 59.6 Å². The van der Waals surface area contributed by atoms with E-state index in [1.54, 1.807) is 0 Å². The molecule has 1 N–H and O–H groups in total. The minimum atomic E-state index is 0.262.